The number of carbonyl (C=O) groups excluding carboxylic acids is 1. The average Bonchev–Trinajstić information content (AvgIpc) is 2.16. The van der Waals surface area contributed by atoms with Crippen LogP contribution in [0.25, 0.3) is 0 Å². The molecule has 1 atom stereocenters. The van der Waals surface area contributed by atoms with Crippen LogP contribution in [0.15, 0.2) is 0 Å². The quantitative estimate of drug-likeness (QED) is 0.682. The van der Waals surface area contributed by atoms with Crippen molar-refractivity contribution in [2.24, 2.45) is 0 Å². The SMILES string of the molecule is COC(=O)CCC1COCCN1.Cl. The Hall–Kier alpha value is -0.320. The predicted molar refractivity (Wildman–Crippen MR) is 51.1 cm³/mol. The number of rotatable bonds is 3. The lowest BCUT2D eigenvalue weighted by Crippen LogP contribution is -2.41. The number of nitrogens with one attached hydrogen (secondary N) is 1. The first-order chi connectivity index (χ1) is 5.83. The number of hydrogen-bond donors (Lipinski definition) is 1. The molecule has 0 amide bonds. The molecule has 1 unspecified atom stereocenters. The Morgan fingerprint density at radius 3 is 3.00 bits per heavy atom. The zero-order valence-electron chi connectivity index (χ0n) is 7.75. The van der Waals surface area contributed by atoms with Gasteiger partial charge in [0, 0.05) is 19.0 Å². The van der Waals surface area contributed by atoms with Crippen molar-refractivity contribution in [1.82, 2.24) is 5.32 Å². The predicted octanol–water partition coefficient (Wildman–Crippen LogP) is 0.350. The van der Waals surface area contributed by atoms with Crippen LogP contribution in [0.2, 0.25) is 0 Å². The topological polar surface area (TPSA) is 47.6 Å². The molecule has 1 heterocycles. The maximum absolute atomic E-state index is 10.8. The van der Waals surface area contributed by atoms with Crippen molar-refractivity contribution < 1.29 is 14.3 Å². The summed E-state index contributed by atoms with van der Waals surface area (Å²) in [5.41, 5.74) is 0. The molecule has 4 nitrogen and oxygen atoms in total. The Morgan fingerprint density at radius 2 is 2.46 bits per heavy atom. The highest BCUT2D eigenvalue weighted by molar-refractivity contribution is 5.85. The second kappa shape index (κ2) is 7.12. The minimum atomic E-state index is -0.151. The molecule has 0 aromatic rings. The number of ether oxygens (including phenoxy) is 2. The van der Waals surface area contributed by atoms with Crippen LogP contribution < -0.4 is 5.32 Å². The Balaban J connectivity index is 0.00000144. The van der Waals surface area contributed by atoms with E-state index >= 15 is 0 Å². The van der Waals surface area contributed by atoms with Crippen molar-refractivity contribution in [3.05, 3.63) is 0 Å². The molecule has 1 aliphatic heterocycles. The summed E-state index contributed by atoms with van der Waals surface area (Å²) in [6.45, 7) is 2.36. The Labute approximate surface area is 84.4 Å². The number of esters is 1. The summed E-state index contributed by atoms with van der Waals surface area (Å²) in [6.07, 6.45) is 1.27. The van der Waals surface area contributed by atoms with Gasteiger partial charge < -0.3 is 14.8 Å². The van der Waals surface area contributed by atoms with Gasteiger partial charge >= 0.3 is 5.97 Å². The summed E-state index contributed by atoms with van der Waals surface area (Å²) in [6, 6.07) is 0.317. The van der Waals surface area contributed by atoms with Gasteiger partial charge in [-0.25, -0.2) is 0 Å². The van der Waals surface area contributed by atoms with Gasteiger partial charge in [-0.05, 0) is 6.42 Å². The van der Waals surface area contributed by atoms with Gasteiger partial charge in [0.25, 0.3) is 0 Å². The van der Waals surface area contributed by atoms with E-state index in [0.717, 1.165) is 19.6 Å². The summed E-state index contributed by atoms with van der Waals surface area (Å²) in [5.74, 6) is -0.151. The van der Waals surface area contributed by atoms with Gasteiger partial charge in [-0.3, -0.25) is 4.79 Å². The minimum Gasteiger partial charge on any atom is -0.469 e. The molecule has 1 saturated heterocycles. The standard InChI is InChI=1S/C8H15NO3.ClH/c1-11-8(10)3-2-7-6-12-5-4-9-7;/h7,9H,2-6H2,1H3;1H. The molecule has 0 bridgehead atoms. The van der Waals surface area contributed by atoms with Crippen molar-refractivity contribution in [3.63, 3.8) is 0 Å². The van der Waals surface area contributed by atoms with Crippen LogP contribution in [-0.4, -0.2) is 38.9 Å². The Morgan fingerprint density at radius 1 is 1.69 bits per heavy atom. The van der Waals surface area contributed by atoms with E-state index in [4.69, 9.17) is 4.74 Å². The highest BCUT2D eigenvalue weighted by atomic mass is 35.5. The lowest BCUT2D eigenvalue weighted by atomic mass is 10.1. The molecule has 78 valence electrons. The summed E-state index contributed by atoms with van der Waals surface area (Å²) in [4.78, 5) is 10.8. The smallest absolute Gasteiger partial charge is 0.305 e. The molecule has 0 spiro atoms. The van der Waals surface area contributed by atoms with Crippen LogP contribution in [0.5, 0.6) is 0 Å². The van der Waals surface area contributed by atoms with E-state index in [1.54, 1.807) is 0 Å². The highest BCUT2D eigenvalue weighted by Crippen LogP contribution is 2.02. The molecule has 1 fully saturated rings. The van der Waals surface area contributed by atoms with Crippen LogP contribution >= 0.6 is 12.4 Å². The van der Waals surface area contributed by atoms with E-state index in [9.17, 15) is 4.79 Å². The summed E-state index contributed by atoms with van der Waals surface area (Å²) < 4.78 is 9.77. The summed E-state index contributed by atoms with van der Waals surface area (Å²) in [5, 5.41) is 3.27. The normalized spacial score (nSPS) is 21.8. The number of morpholine rings is 1. The van der Waals surface area contributed by atoms with Gasteiger partial charge in [0.15, 0.2) is 0 Å². The van der Waals surface area contributed by atoms with Gasteiger partial charge in [0.05, 0.1) is 20.3 Å². The van der Waals surface area contributed by atoms with Crippen LogP contribution in [0, 0.1) is 0 Å². The Bertz CT molecular complexity index is 148. The lowest BCUT2D eigenvalue weighted by molar-refractivity contribution is -0.141. The van der Waals surface area contributed by atoms with Gasteiger partial charge in [-0.1, -0.05) is 0 Å². The highest BCUT2D eigenvalue weighted by Gasteiger charge is 2.14. The monoisotopic (exact) mass is 209 g/mol. The molecule has 1 aliphatic rings. The fourth-order valence-corrected chi connectivity index (χ4v) is 1.20. The fourth-order valence-electron chi connectivity index (χ4n) is 1.20. The maximum atomic E-state index is 10.8. The largest absolute Gasteiger partial charge is 0.469 e. The number of halogens is 1. The van der Waals surface area contributed by atoms with Crippen LogP contribution in [0.4, 0.5) is 0 Å². The van der Waals surface area contributed by atoms with Crippen molar-refractivity contribution in [1.29, 1.82) is 0 Å². The molecular formula is C8H16ClNO3. The number of hydrogen-bond acceptors (Lipinski definition) is 4. The maximum Gasteiger partial charge on any atom is 0.305 e. The van der Waals surface area contributed by atoms with E-state index in [2.05, 4.69) is 10.1 Å². The van der Waals surface area contributed by atoms with E-state index in [0.29, 0.717) is 19.1 Å². The summed E-state index contributed by atoms with van der Waals surface area (Å²) in [7, 11) is 1.41. The van der Waals surface area contributed by atoms with Crippen LogP contribution in [0.3, 0.4) is 0 Å². The first-order valence-electron chi connectivity index (χ1n) is 4.21. The van der Waals surface area contributed by atoms with Gasteiger partial charge in [-0.2, -0.15) is 0 Å². The van der Waals surface area contributed by atoms with Crippen molar-refractivity contribution in [3.8, 4) is 0 Å². The second-order valence-electron chi connectivity index (χ2n) is 2.84. The molecule has 13 heavy (non-hydrogen) atoms. The second-order valence-corrected chi connectivity index (χ2v) is 2.84. The van der Waals surface area contributed by atoms with Crippen LogP contribution in [0.1, 0.15) is 12.8 Å². The molecule has 0 aliphatic carbocycles. The summed E-state index contributed by atoms with van der Waals surface area (Å²) >= 11 is 0. The average molecular weight is 210 g/mol. The van der Waals surface area contributed by atoms with E-state index in [1.165, 1.54) is 7.11 Å². The zero-order chi connectivity index (χ0) is 8.81. The van der Waals surface area contributed by atoms with Crippen LogP contribution in [-0.2, 0) is 14.3 Å². The minimum absolute atomic E-state index is 0. The third-order valence-electron chi connectivity index (χ3n) is 1.92. The fraction of sp³-hybridized carbons (Fsp3) is 0.875. The van der Waals surface area contributed by atoms with Crippen molar-refractivity contribution >= 4 is 18.4 Å². The molecule has 5 heteroatoms. The first kappa shape index (κ1) is 12.7. The van der Waals surface area contributed by atoms with Crippen molar-refractivity contribution in [2.45, 2.75) is 18.9 Å². The number of carbonyl (C=O) groups is 1. The van der Waals surface area contributed by atoms with Crippen molar-refractivity contribution in [2.75, 3.05) is 26.9 Å². The zero-order valence-corrected chi connectivity index (χ0v) is 8.56. The van der Waals surface area contributed by atoms with E-state index in [-0.39, 0.29) is 18.4 Å². The molecular weight excluding hydrogens is 194 g/mol. The van der Waals surface area contributed by atoms with Gasteiger partial charge in [0.1, 0.15) is 0 Å². The number of methoxy groups -OCH3 is 1. The lowest BCUT2D eigenvalue weighted by Gasteiger charge is -2.23. The third kappa shape index (κ3) is 5.08. The molecule has 0 saturated carbocycles. The third-order valence-corrected chi connectivity index (χ3v) is 1.92. The molecule has 1 rings (SSSR count). The molecule has 0 aromatic carbocycles. The Kier molecular flexibility index (Phi) is 6.94. The molecule has 0 radical (unpaired) electrons. The van der Waals surface area contributed by atoms with Gasteiger partial charge in [0.2, 0.25) is 0 Å². The van der Waals surface area contributed by atoms with Gasteiger partial charge in [-0.15, -0.1) is 12.4 Å². The van der Waals surface area contributed by atoms with E-state index < -0.39 is 0 Å². The molecule has 0 aromatic heterocycles. The molecule has 1 N–H and O–H groups in total. The first-order valence-corrected chi connectivity index (χ1v) is 4.21. The van der Waals surface area contributed by atoms with E-state index in [1.807, 2.05) is 0 Å².